The summed E-state index contributed by atoms with van der Waals surface area (Å²) in [5.74, 6) is -0.0780. The summed E-state index contributed by atoms with van der Waals surface area (Å²) in [5.41, 5.74) is 8.41. The average molecular weight is 518 g/mol. The molecular formula is C37H43NO. The normalized spacial score (nSPS) is 12.5. The van der Waals surface area contributed by atoms with Crippen molar-refractivity contribution in [2.24, 2.45) is 5.16 Å². The molecular weight excluding hydrogens is 474 g/mol. The van der Waals surface area contributed by atoms with Gasteiger partial charge in [0.15, 0.2) is 0 Å². The molecule has 2 unspecified atom stereocenters. The number of rotatable bonds is 14. The minimum Gasteiger partial charge on any atom is -0.396 e. The van der Waals surface area contributed by atoms with Crippen molar-refractivity contribution in [2.75, 3.05) is 6.61 Å². The van der Waals surface area contributed by atoms with Gasteiger partial charge in [-0.3, -0.25) is 0 Å². The highest BCUT2D eigenvalue weighted by atomic mass is 16.6. The lowest BCUT2D eigenvalue weighted by Crippen LogP contribution is -2.24. The molecule has 2 atom stereocenters. The lowest BCUT2D eigenvalue weighted by atomic mass is 9.76. The van der Waals surface area contributed by atoms with E-state index in [-0.39, 0.29) is 11.8 Å². The maximum atomic E-state index is 6.19. The van der Waals surface area contributed by atoms with Gasteiger partial charge in [0, 0.05) is 0 Å². The van der Waals surface area contributed by atoms with Crippen LogP contribution < -0.4 is 0 Å². The van der Waals surface area contributed by atoms with Crippen molar-refractivity contribution in [1.82, 2.24) is 0 Å². The largest absolute Gasteiger partial charge is 0.396 e. The zero-order chi connectivity index (χ0) is 27.3. The molecule has 4 aromatic carbocycles. The van der Waals surface area contributed by atoms with Crippen LogP contribution in [0.1, 0.15) is 90.7 Å². The molecule has 4 rings (SSSR count). The third kappa shape index (κ3) is 8.17. The molecule has 0 aliphatic carbocycles. The van der Waals surface area contributed by atoms with Gasteiger partial charge in [0.25, 0.3) is 0 Å². The van der Waals surface area contributed by atoms with E-state index < -0.39 is 0 Å². The SMILES string of the molecule is CCCCCCCCON=C(C(c1ccccc1)c1ccc(C)cc1)C(c1ccccc1)c1ccc(C)cc1. The van der Waals surface area contributed by atoms with Gasteiger partial charge in [0.2, 0.25) is 0 Å². The van der Waals surface area contributed by atoms with E-state index in [1.807, 2.05) is 0 Å². The van der Waals surface area contributed by atoms with Crippen LogP contribution in [0.15, 0.2) is 114 Å². The van der Waals surface area contributed by atoms with Gasteiger partial charge in [-0.05, 0) is 48.9 Å². The molecule has 0 saturated heterocycles. The van der Waals surface area contributed by atoms with Crippen molar-refractivity contribution in [3.8, 4) is 0 Å². The minimum absolute atomic E-state index is 0.0390. The van der Waals surface area contributed by atoms with Gasteiger partial charge in [-0.2, -0.15) is 0 Å². The molecule has 0 aliphatic rings. The molecule has 2 heteroatoms. The van der Waals surface area contributed by atoms with Crippen LogP contribution in [0.3, 0.4) is 0 Å². The number of oxime groups is 1. The van der Waals surface area contributed by atoms with E-state index in [4.69, 9.17) is 9.99 Å². The Hall–Kier alpha value is -3.65. The molecule has 0 aromatic heterocycles. The van der Waals surface area contributed by atoms with Gasteiger partial charge in [-0.15, -0.1) is 0 Å². The molecule has 2 nitrogen and oxygen atoms in total. The molecule has 0 spiro atoms. The molecule has 0 bridgehead atoms. The van der Waals surface area contributed by atoms with Crippen molar-refractivity contribution >= 4 is 5.71 Å². The van der Waals surface area contributed by atoms with Crippen LogP contribution in [0.25, 0.3) is 0 Å². The van der Waals surface area contributed by atoms with Crippen molar-refractivity contribution < 1.29 is 4.84 Å². The summed E-state index contributed by atoms with van der Waals surface area (Å²) < 4.78 is 0. The number of aryl methyl sites for hydroxylation is 2. The highest BCUT2D eigenvalue weighted by Crippen LogP contribution is 2.37. The third-order valence-electron chi connectivity index (χ3n) is 7.44. The number of hydrogen-bond acceptors (Lipinski definition) is 2. The standard InChI is InChI=1S/C37H43NO/c1-4-5-6-7-8-15-28-39-38-37(35(31-16-11-9-12-17-31)33-24-20-29(2)21-25-33)36(32-18-13-10-14-19-32)34-26-22-30(3)23-27-34/h9-14,16-27,35-36H,4-8,15,28H2,1-3H3. The van der Waals surface area contributed by atoms with E-state index >= 15 is 0 Å². The van der Waals surface area contributed by atoms with E-state index in [1.165, 1.54) is 65.5 Å². The smallest absolute Gasteiger partial charge is 0.117 e. The van der Waals surface area contributed by atoms with Gasteiger partial charge in [0.05, 0.1) is 17.5 Å². The Morgan fingerprint density at radius 1 is 0.538 bits per heavy atom. The summed E-state index contributed by atoms with van der Waals surface area (Å²) in [6.45, 7) is 7.17. The van der Waals surface area contributed by atoms with Crippen LogP contribution in [-0.4, -0.2) is 12.3 Å². The highest BCUT2D eigenvalue weighted by Gasteiger charge is 2.31. The molecule has 0 fully saturated rings. The first-order valence-electron chi connectivity index (χ1n) is 14.6. The quantitative estimate of drug-likeness (QED) is 0.0926. The number of nitrogens with zero attached hydrogens (tertiary/aromatic N) is 1. The Balaban J connectivity index is 1.78. The second-order valence-electron chi connectivity index (χ2n) is 10.6. The first-order valence-corrected chi connectivity index (χ1v) is 14.6. The average Bonchev–Trinajstić information content (AvgIpc) is 2.97. The predicted octanol–water partition coefficient (Wildman–Crippen LogP) is 10.0. The molecule has 0 radical (unpaired) electrons. The Morgan fingerprint density at radius 3 is 1.41 bits per heavy atom. The van der Waals surface area contributed by atoms with Gasteiger partial charge < -0.3 is 4.84 Å². The lowest BCUT2D eigenvalue weighted by molar-refractivity contribution is 0.138. The van der Waals surface area contributed by atoms with E-state index in [1.54, 1.807) is 0 Å². The number of unbranched alkanes of at least 4 members (excludes halogenated alkanes) is 5. The minimum atomic E-state index is -0.0390. The molecule has 0 heterocycles. The van der Waals surface area contributed by atoms with E-state index in [2.05, 4.69) is 130 Å². The van der Waals surface area contributed by atoms with Crippen molar-refractivity contribution in [3.05, 3.63) is 143 Å². The Kier molecular flexibility index (Phi) is 11.0. The Labute approximate surface area is 235 Å². The molecule has 0 amide bonds. The van der Waals surface area contributed by atoms with Crippen LogP contribution in [0.2, 0.25) is 0 Å². The van der Waals surface area contributed by atoms with Crippen LogP contribution in [-0.2, 0) is 4.84 Å². The fraction of sp³-hybridized carbons (Fsp3) is 0.324. The summed E-state index contributed by atoms with van der Waals surface area (Å²) in [5, 5.41) is 5.03. The van der Waals surface area contributed by atoms with Crippen molar-refractivity contribution in [3.63, 3.8) is 0 Å². The Bertz CT molecular complexity index is 1170. The summed E-state index contributed by atoms with van der Waals surface area (Å²) in [6, 6.07) is 39.3. The molecule has 0 saturated carbocycles. The Morgan fingerprint density at radius 2 is 0.949 bits per heavy atom. The number of benzene rings is 4. The maximum Gasteiger partial charge on any atom is 0.117 e. The third-order valence-corrected chi connectivity index (χ3v) is 7.44. The predicted molar refractivity (Wildman–Crippen MR) is 166 cm³/mol. The zero-order valence-electron chi connectivity index (χ0n) is 23.9. The topological polar surface area (TPSA) is 21.6 Å². The molecule has 4 aromatic rings. The molecule has 0 aliphatic heterocycles. The van der Waals surface area contributed by atoms with E-state index in [0.717, 1.165) is 12.1 Å². The molecule has 0 N–H and O–H groups in total. The molecule has 202 valence electrons. The van der Waals surface area contributed by atoms with Gasteiger partial charge >= 0.3 is 0 Å². The second-order valence-corrected chi connectivity index (χ2v) is 10.6. The molecule has 39 heavy (non-hydrogen) atoms. The monoisotopic (exact) mass is 517 g/mol. The van der Waals surface area contributed by atoms with Crippen LogP contribution in [0.5, 0.6) is 0 Å². The summed E-state index contributed by atoms with van der Waals surface area (Å²) in [6.07, 6.45) is 7.36. The van der Waals surface area contributed by atoms with E-state index in [9.17, 15) is 0 Å². The van der Waals surface area contributed by atoms with Crippen molar-refractivity contribution in [1.29, 1.82) is 0 Å². The first-order chi connectivity index (χ1) is 19.2. The van der Waals surface area contributed by atoms with Crippen LogP contribution in [0, 0.1) is 13.8 Å². The van der Waals surface area contributed by atoms with Crippen LogP contribution >= 0.6 is 0 Å². The number of hydrogen-bond donors (Lipinski definition) is 0. The van der Waals surface area contributed by atoms with E-state index in [0.29, 0.717) is 6.61 Å². The van der Waals surface area contributed by atoms with Gasteiger partial charge in [0.1, 0.15) is 6.61 Å². The summed E-state index contributed by atoms with van der Waals surface area (Å²) >= 11 is 0. The summed E-state index contributed by atoms with van der Waals surface area (Å²) in [7, 11) is 0. The first kappa shape index (κ1) is 28.4. The van der Waals surface area contributed by atoms with Gasteiger partial charge in [-0.25, -0.2) is 0 Å². The second kappa shape index (κ2) is 15.1. The fourth-order valence-electron chi connectivity index (χ4n) is 5.22. The van der Waals surface area contributed by atoms with Crippen LogP contribution in [0.4, 0.5) is 0 Å². The van der Waals surface area contributed by atoms with Crippen molar-refractivity contribution in [2.45, 2.75) is 71.1 Å². The van der Waals surface area contributed by atoms with Gasteiger partial charge in [-0.1, -0.05) is 158 Å². The fourth-order valence-corrected chi connectivity index (χ4v) is 5.22. The summed E-state index contributed by atoms with van der Waals surface area (Å²) in [4.78, 5) is 6.19. The lowest BCUT2D eigenvalue weighted by Gasteiger charge is -2.28. The zero-order valence-corrected chi connectivity index (χ0v) is 23.9. The highest BCUT2D eigenvalue weighted by molar-refractivity contribution is 6.01. The maximum absolute atomic E-state index is 6.19.